The lowest BCUT2D eigenvalue weighted by Gasteiger charge is -2.29. The largest absolute Gasteiger partial charge is 0.341 e. The summed E-state index contributed by atoms with van der Waals surface area (Å²) < 4.78 is 2.01. The van der Waals surface area contributed by atoms with E-state index in [1.165, 1.54) is 0 Å². The maximum Gasteiger partial charge on any atom is 0.167 e. The molecule has 0 amide bonds. The van der Waals surface area contributed by atoms with Gasteiger partial charge >= 0.3 is 0 Å². The van der Waals surface area contributed by atoms with Gasteiger partial charge in [0.15, 0.2) is 11.0 Å². The van der Waals surface area contributed by atoms with E-state index in [0.717, 1.165) is 33.6 Å². The van der Waals surface area contributed by atoms with Gasteiger partial charge in [0.2, 0.25) is 0 Å². The van der Waals surface area contributed by atoms with Crippen LogP contribution in [0, 0.1) is 0 Å². The number of imidazole rings is 1. The van der Waals surface area contributed by atoms with Crippen molar-refractivity contribution in [2.45, 2.75) is 11.7 Å². The van der Waals surface area contributed by atoms with Crippen LogP contribution in [0.15, 0.2) is 48.4 Å². The first kappa shape index (κ1) is 14.1. The van der Waals surface area contributed by atoms with Gasteiger partial charge in [0.1, 0.15) is 11.5 Å². The number of nitrogens with zero attached hydrogens (tertiary/aromatic N) is 3. The third-order valence-electron chi connectivity index (χ3n) is 3.49. The Hall–Kier alpha value is -1.85. The van der Waals surface area contributed by atoms with Gasteiger partial charge in [0.05, 0.1) is 12.2 Å². The van der Waals surface area contributed by atoms with Crippen LogP contribution in [0.5, 0.6) is 0 Å². The fourth-order valence-electron chi connectivity index (χ4n) is 2.33. The van der Waals surface area contributed by atoms with Crippen LogP contribution in [-0.2, 0) is 6.54 Å². The fourth-order valence-corrected chi connectivity index (χ4v) is 2.72. The Morgan fingerprint density at radius 3 is 2.62 bits per heavy atom. The van der Waals surface area contributed by atoms with Gasteiger partial charge in [-0.05, 0) is 17.7 Å². The van der Waals surface area contributed by atoms with Crippen molar-refractivity contribution in [2.24, 2.45) is 0 Å². The Balaban J connectivity index is 2.04. The molecule has 21 heavy (non-hydrogen) atoms. The second-order valence-electron chi connectivity index (χ2n) is 4.91. The highest BCUT2D eigenvalue weighted by molar-refractivity contribution is 7.80. The normalized spacial score (nSPS) is 14.1. The summed E-state index contributed by atoms with van der Waals surface area (Å²) in [5, 5.41) is 4.52. The predicted molar refractivity (Wildman–Crippen MR) is 89.7 cm³/mol. The summed E-state index contributed by atoms with van der Waals surface area (Å²) in [6, 6.07) is 7.73. The SMILES string of the molecule is C=C1NC(=C)N(C)c2nc(S)n(Cc3ccc(Cl)cc3)c21. The molecule has 0 radical (unpaired) electrons. The minimum atomic E-state index is 0.638. The van der Waals surface area contributed by atoms with Crippen LogP contribution in [0.3, 0.4) is 0 Å². The summed E-state index contributed by atoms with van der Waals surface area (Å²) in [6.07, 6.45) is 0. The standard InChI is InChI=1S/C15H15ClN4S/c1-9-13-14(19(3)10(2)17-9)18-15(21)20(13)8-11-4-6-12(16)7-5-11/h4-7,17H,1-2,8H2,3H3,(H,18,21). The molecule has 1 aromatic heterocycles. The van der Waals surface area contributed by atoms with Crippen molar-refractivity contribution in [1.82, 2.24) is 14.9 Å². The van der Waals surface area contributed by atoms with Crippen LogP contribution in [0.4, 0.5) is 5.82 Å². The summed E-state index contributed by atoms with van der Waals surface area (Å²) in [7, 11) is 1.91. The number of halogens is 1. The lowest BCUT2D eigenvalue weighted by atomic mass is 10.2. The minimum Gasteiger partial charge on any atom is -0.341 e. The van der Waals surface area contributed by atoms with Gasteiger partial charge < -0.3 is 14.8 Å². The van der Waals surface area contributed by atoms with Crippen LogP contribution in [0.2, 0.25) is 5.02 Å². The Bertz CT molecular complexity index is 733. The molecule has 0 saturated heterocycles. The number of thiol groups is 1. The molecule has 0 saturated carbocycles. The van der Waals surface area contributed by atoms with Crippen LogP contribution < -0.4 is 10.2 Å². The maximum absolute atomic E-state index is 5.92. The van der Waals surface area contributed by atoms with Crippen molar-refractivity contribution >= 4 is 35.7 Å². The number of rotatable bonds is 2. The second kappa shape index (κ2) is 5.16. The molecule has 0 aliphatic carbocycles. The molecule has 2 heterocycles. The molecule has 1 aliphatic heterocycles. The van der Waals surface area contributed by atoms with Crippen LogP contribution >= 0.6 is 24.2 Å². The summed E-state index contributed by atoms with van der Waals surface area (Å²) in [5.41, 5.74) is 2.81. The van der Waals surface area contributed by atoms with E-state index in [1.807, 2.05) is 40.8 Å². The topological polar surface area (TPSA) is 33.1 Å². The Morgan fingerprint density at radius 1 is 1.29 bits per heavy atom. The third kappa shape index (κ3) is 2.43. The molecule has 0 atom stereocenters. The van der Waals surface area contributed by atoms with Crippen LogP contribution in [0.25, 0.3) is 5.70 Å². The van der Waals surface area contributed by atoms with Crippen molar-refractivity contribution in [3.8, 4) is 0 Å². The third-order valence-corrected chi connectivity index (χ3v) is 4.08. The molecule has 0 spiro atoms. The second-order valence-corrected chi connectivity index (χ2v) is 5.74. The van der Waals surface area contributed by atoms with Crippen molar-refractivity contribution in [3.05, 3.63) is 59.5 Å². The minimum absolute atomic E-state index is 0.638. The molecular formula is C15H15ClN4S. The van der Waals surface area contributed by atoms with Gasteiger partial charge in [0, 0.05) is 12.1 Å². The predicted octanol–water partition coefficient (Wildman–Crippen LogP) is 3.35. The van der Waals surface area contributed by atoms with E-state index in [4.69, 9.17) is 11.6 Å². The lowest BCUT2D eigenvalue weighted by molar-refractivity contribution is 0.698. The van der Waals surface area contributed by atoms with Gasteiger partial charge in [-0.25, -0.2) is 4.98 Å². The zero-order valence-electron chi connectivity index (χ0n) is 11.6. The maximum atomic E-state index is 5.92. The fraction of sp³-hybridized carbons (Fsp3) is 0.133. The number of nitrogens with one attached hydrogen (secondary N) is 1. The summed E-state index contributed by atoms with van der Waals surface area (Å²) in [4.78, 5) is 6.40. The molecule has 0 unspecified atom stereocenters. The molecule has 1 aromatic carbocycles. The van der Waals surface area contributed by atoms with Gasteiger partial charge in [-0.3, -0.25) is 0 Å². The smallest absolute Gasteiger partial charge is 0.167 e. The van der Waals surface area contributed by atoms with E-state index in [9.17, 15) is 0 Å². The summed E-state index contributed by atoms with van der Waals surface area (Å²) in [6.45, 7) is 8.65. The molecule has 0 bridgehead atoms. The van der Waals surface area contributed by atoms with Crippen LogP contribution in [-0.4, -0.2) is 16.6 Å². The van der Waals surface area contributed by atoms with Crippen molar-refractivity contribution in [1.29, 1.82) is 0 Å². The number of hydrogen-bond acceptors (Lipinski definition) is 4. The van der Waals surface area contributed by atoms with Gasteiger partial charge in [-0.1, -0.05) is 36.9 Å². The first-order valence-electron chi connectivity index (χ1n) is 6.40. The van der Waals surface area contributed by atoms with E-state index in [0.29, 0.717) is 11.7 Å². The van der Waals surface area contributed by atoms with Crippen molar-refractivity contribution in [3.63, 3.8) is 0 Å². The number of anilines is 1. The lowest BCUT2D eigenvalue weighted by Crippen LogP contribution is -2.32. The molecule has 108 valence electrons. The molecule has 3 rings (SSSR count). The molecule has 6 heteroatoms. The van der Waals surface area contributed by atoms with Crippen molar-refractivity contribution < 1.29 is 0 Å². The van der Waals surface area contributed by atoms with Gasteiger partial charge in [0.25, 0.3) is 0 Å². The number of benzene rings is 1. The van der Waals surface area contributed by atoms with Gasteiger partial charge in [-0.2, -0.15) is 0 Å². The number of hydrogen-bond donors (Lipinski definition) is 2. The van der Waals surface area contributed by atoms with E-state index in [2.05, 4.69) is 36.1 Å². The molecule has 0 fully saturated rings. The Morgan fingerprint density at radius 2 is 1.95 bits per heavy atom. The highest BCUT2D eigenvalue weighted by Crippen LogP contribution is 2.33. The average molecular weight is 319 g/mol. The molecule has 1 aliphatic rings. The summed E-state index contributed by atoms with van der Waals surface area (Å²) in [5.74, 6) is 1.56. The molecule has 2 aromatic rings. The highest BCUT2D eigenvalue weighted by Gasteiger charge is 2.26. The Labute approximate surface area is 134 Å². The number of fused-ring (bicyclic) bond motifs is 1. The van der Waals surface area contributed by atoms with E-state index in [1.54, 1.807) is 0 Å². The molecule has 1 N–H and O–H groups in total. The van der Waals surface area contributed by atoms with E-state index < -0.39 is 0 Å². The monoisotopic (exact) mass is 318 g/mol. The zero-order chi connectivity index (χ0) is 15.1. The van der Waals surface area contributed by atoms with Crippen molar-refractivity contribution in [2.75, 3.05) is 11.9 Å². The Kier molecular flexibility index (Phi) is 3.47. The van der Waals surface area contributed by atoms with E-state index >= 15 is 0 Å². The average Bonchev–Trinajstić information content (AvgIpc) is 2.77. The molecule has 4 nitrogen and oxygen atoms in total. The number of aromatic nitrogens is 2. The van der Waals surface area contributed by atoms with E-state index in [-0.39, 0.29) is 0 Å². The highest BCUT2D eigenvalue weighted by atomic mass is 35.5. The van der Waals surface area contributed by atoms with Crippen LogP contribution in [0.1, 0.15) is 11.3 Å². The first-order valence-corrected chi connectivity index (χ1v) is 7.22. The zero-order valence-corrected chi connectivity index (χ0v) is 13.2. The molecular weight excluding hydrogens is 304 g/mol. The summed E-state index contributed by atoms with van der Waals surface area (Å²) >= 11 is 10.4. The van der Waals surface area contributed by atoms with Gasteiger partial charge in [-0.15, -0.1) is 12.6 Å². The quantitative estimate of drug-likeness (QED) is 0.833. The first-order chi connectivity index (χ1) is 9.97.